The minimum Gasteiger partial charge on any atom is -0.456 e. The number of nitriles is 1. The van der Waals surface area contributed by atoms with E-state index in [4.69, 9.17) is 11.0 Å². The first kappa shape index (κ1) is 27.1. The molecule has 0 fully saturated rings. The zero-order valence-electron chi connectivity index (χ0n) is 26.1. The Kier molecular flexibility index (Phi) is 5.64. The van der Waals surface area contributed by atoms with Gasteiger partial charge in [0, 0.05) is 49.4 Å². The lowest BCUT2D eigenvalue weighted by Gasteiger charge is -2.17. The summed E-state index contributed by atoms with van der Waals surface area (Å²) in [4.78, 5) is 3.79. The molecule has 0 radical (unpaired) electrons. The number of para-hydroxylation sites is 4. The van der Waals surface area contributed by atoms with Crippen LogP contribution in [0.15, 0.2) is 150 Å². The topological polar surface area (TPSA) is 51.1 Å². The molecule has 3 heterocycles. The van der Waals surface area contributed by atoms with Crippen molar-refractivity contribution < 1.29 is 4.42 Å². The Morgan fingerprint density at radius 2 is 1.16 bits per heavy atom. The van der Waals surface area contributed by atoms with Crippen molar-refractivity contribution in [2.45, 2.75) is 0 Å². The molecule has 0 bridgehead atoms. The smallest absolute Gasteiger partial charge is 0.189 e. The number of fused-ring (bicyclic) bond motifs is 10. The van der Waals surface area contributed by atoms with Gasteiger partial charge in [-0.25, -0.2) is 4.85 Å². The van der Waals surface area contributed by atoms with Gasteiger partial charge in [0.15, 0.2) is 5.69 Å². The van der Waals surface area contributed by atoms with Crippen LogP contribution in [0, 0.1) is 17.9 Å². The molecule has 0 aliphatic heterocycles. The molecule has 5 nitrogen and oxygen atoms in total. The summed E-state index contributed by atoms with van der Waals surface area (Å²) in [5, 5.41) is 17.4. The quantitative estimate of drug-likeness (QED) is 0.184. The van der Waals surface area contributed by atoms with Crippen LogP contribution in [0.5, 0.6) is 0 Å². The number of hydrogen-bond acceptors (Lipinski definition) is 2. The molecular weight excluding hydrogens is 601 g/mol. The molecule has 0 aliphatic rings. The average molecular weight is 625 g/mol. The summed E-state index contributed by atoms with van der Waals surface area (Å²) in [5.41, 5.74) is 10.4. The third-order valence-corrected chi connectivity index (χ3v) is 9.78. The Balaban J connectivity index is 1.26. The van der Waals surface area contributed by atoms with E-state index in [1.54, 1.807) is 0 Å². The number of hydrogen-bond donors (Lipinski definition) is 0. The molecule has 10 rings (SSSR count). The van der Waals surface area contributed by atoms with Gasteiger partial charge in [0.2, 0.25) is 0 Å². The van der Waals surface area contributed by atoms with Crippen LogP contribution in [0.25, 0.3) is 92.9 Å². The average Bonchev–Trinajstić information content (AvgIpc) is 3.82. The Hall–Kier alpha value is -7.08. The predicted octanol–water partition coefficient (Wildman–Crippen LogP) is 11.9. The molecular formula is C44H24N4O. The van der Waals surface area contributed by atoms with E-state index in [2.05, 4.69) is 105 Å². The first-order valence-corrected chi connectivity index (χ1v) is 16.1. The lowest BCUT2D eigenvalue weighted by molar-refractivity contribution is 0.669. The van der Waals surface area contributed by atoms with Crippen molar-refractivity contribution in [3.63, 3.8) is 0 Å². The molecule has 0 amide bonds. The zero-order chi connectivity index (χ0) is 32.6. The van der Waals surface area contributed by atoms with Gasteiger partial charge in [0.1, 0.15) is 11.2 Å². The second-order valence-electron chi connectivity index (χ2n) is 12.3. The summed E-state index contributed by atoms with van der Waals surface area (Å²) in [7, 11) is 0. The number of furan rings is 1. The van der Waals surface area contributed by atoms with Crippen LogP contribution < -0.4 is 0 Å². The van der Waals surface area contributed by atoms with E-state index < -0.39 is 0 Å². The van der Waals surface area contributed by atoms with Gasteiger partial charge >= 0.3 is 0 Å². The van der Waals surface area contributed by atoms with Gasteiger partial charge in [-0.15, -0.1) is 0 Å². The standard InChI is InChI=1S/C44H24N4O/c1-46-28-18-20-34(40(25-28)48-38-15-7-2-10-31(38)32-11-3-8-16-39(32)48)30-21-19-29(24-27(30)26-45)47-37-14-6-4-12-33(37)35-22-23-42-43(44(35)47)36-13-5-9-17-41(36)49-42/h2-25H. The maximum Gasteiger partial charge on any atom is 0.189 e. The third-order valence-electron chi connectivity index (χ3n) is 9.78. The van der Waals surface area contributed by atoms with Crippen LogP contribution in [0.4, 0.5) is 5.69 Å². The number of rotatable bonds is 3. The first-order chi connectivity index (χ1) is 24.2. The summed E-state index contributed by atoms with van der Waals surface area (Å²) < 4.78 is 10.8. The Labute approximate surface area is 280 Å². The van der Waals surface area contributed by atoms with E-state index in [1.165, 1.54) is 0 Å². The fraction of sp³-hybridized carbons (Fsp3) is 0. The van der Waals surface area contributed by atoms with Gasteiger partial charge in [-0.3, -0.25) is 0 Å². The molecule has 0 atom stereocenters. The minimum absolute atomic E-state index is 0.539. The second kappa shape index (κ2) is 10.2. The van der Waals surface area contributed by atoms with Crippen molar-refractivity contribution in [2.75, 3.05) is 0 Å². The monoisotopic (exact) mass is 624 g/mol. The molecule has 49 heavy (non-hydrogen) atoms. The zero-order valence-corrected chi connectivity index (χ0v) is 26.1. The molecule has 3 aromatic heterocycles. The van der Waals surface area contributed by atoms with Gasteiger partial charge in [-0.2, -0.15) is 5.26 Å². The Morgan fingerprint density at radius 1 is 0.551 bits per heavy atom. The molecule has 5 heteroatoms. The number of aromatic nitrogens is 2. The van der Waals surface area contributed by atoms with Crippen molar-refractivity contribution in [3.8, 4) is 28.6 Å². The molecule has 0 spiro atoms. The molecule has 0 N–H and O–H groups in total. The van der Waals surface area contributed by atoms with Crippen LogP contribution in [-0.4, -0.2) is 9.13 Å². The molecule has 0 saturated heterocycles. The van der Waals surface area contributed by atoms with Gasteiger partial charge < -0.3 is 13.6 Å². The molecule has 226 valence electrons. The highest BCUT2D eigenvalue weighted by Gasteiger charge is 2.21. The highest BCUT2D eigenvalue weighted by atomic mass is 16.3. The highest BCUT2D eigenvalue weighted by molar-refractivity contribution is 6.24. The summed E-state index contributed by atoms with van der Waals surface area (Å²) in [6.07, 6.45) is 0. The van der Waals surface area contributed by atoms with Gasteiger partial charge in [0.25, 0.3) is 0 Å². The lowest BCUT2D eigenvalue weighted by Crippen LogP contribution is -2.00. The maximum absolute atomic E-state index is 10.7. The van der Waals surface area contributed by atoms with Crippen molar-refractivity contribution in [1.82, 2.24) is 9.13 Å². The van der Waals surface area contributed by atoms with E-state index >= 15 is 0 Å². The summed E-state index contributed by atoms with van der Waals surface area (Å²) in [5.74, 6) is 0. The minimum atomic E-state index is 0.539. The van der Waals surface area contributed by atoms with E-state index in [-0.39, 0.29) is 0 Å². The summed E-state index contributed by atoms with van der Waals surface area (Å²) in [6, 6.07) is 51.8. The van der Waals surface area contributed by atoms with Crippen molar-refractivity contribution in [2.24, 2.45) is 0 Å². The molecule has 0 saturated carbocycles. The number of nitrogens with zero attached hydrogens (tertiary/aromatic N) is 4. The van der Waals surface area contributed by atoms with Crippen LogP contribution in [-0.2, 0) is 0 Å². The fourth-order valence-electron chi connectivity index (χ4n) is 7.72. The van der Waals surface area contributed by atoms with E-state index in [1.807, 2.05) is 60.7 Å². The molecule has 10 aromatic rings. The fourth-order valence-corrected chi connectivity index (χ4v) is 7.72. The van der Waals surface area contributed by atoms with Crippen molar-refractivity contribution >= 4 is 71.2 Å². The van der Waals surface area contributed by atoms with Crippen LogP contribution >= 0.6 is 0 Å². The van der Waals surface area contributed by atoms with E-state index in [0.29, 0.717) is 11.3 Å². The maximum atomic E-state index is 10.7. The summed E-state index contributed by atoms with van der Waals surface area (Å²) in [6.45, 7) is 7.84. The SMILES string of the molecule is [C-]#[N+]c1ccc(-c2ccc(-n3c4ccccc4c4ccc5oc6ccccc6c5c43)cc2C#N)c(-n2c3ccccc3c3ccccc32)c1. The van der Waals surface area contributed by atoms with Crippen LogP contribution in [0.1, 0.15) is 5.56 Å². The number of benzene rings is 7. The van der Waals surface area contributed by atoms with Gasteiger partial charge in [0.05, 0.1) is 45.7 Å². The van der Waals surface area contributed by atoms with Crippen LogP contribution in [0.3, 0.4) is 0 Å². The van der Waals surface area contributed by atoms with Crippen molar-refractivity contribution in [3.05, 3.63) is 163 Å². The van der Waals surface area contributed by atoms with Gasteiger partial charge in [-0.05, 0) is 54.6 Å². The molecule has 7 aromatic carbocycles. The largest absolute Gasteiger partial charge is 0.456 e. The van der Waals surface area contributed by atoms with Crippen LogP contribution in [0.2, 0.25) is 0 Å². The van der Waals surface area contributed by atoms with E-state index in [0.717, 1.165) is 88.1 Å². The third kappa shape index (κ3) is 3.79. The summed E-state index contributed by atoms with van der Waals surface area (Å²) >= 11 is 0. The molecule has 0 unspecified atom stereocenters. The van der Waals surface area contributed by atoms with E-state index in [9.17, 15) is 5.26 Å². The Bertz CT molecular complexity index is 3030. The lowest BCUT2D eigenvalue weighted by atomic mass is 9.97. The molecule has 0 aliphatic carbocycles. The van der Waals surface area contributed by atoms with Gasteiger partial charge in [-0.1, -0.05) is 91.0 Å². The highest BCUT2D eigenvalue weighted by Crippen LogP contribution is 2.43. The Morgan fingerprint density at radius 3 is 1.86 bits per heavy atom. The second-order valence-corrected chi connectivity index (χ2v) is 12.3. The van der Waals surface area contributed by atoms with Crippen molar-refractivity contribution in [1.29, 1.82) is 5.26 Å². The predicted molar refractivity (Wildman–Crippen MR) is 199 cm³/mol. The first-order valence-electron chi connectivity index (χ1n) is 16.1. The normalized spacial score (nSPS) is 11.6.